The van der Waals surface area contributed by atoms with E-state index < -0.39 is 0 Å². The van der Waals surface area contributed by atoms with Crippen molar-refractivity contribution in [1.82, 2.24) is 19.4 Å². The first kappa shape index (κ1) is 18.9. The highest BCUT2D eigenvalue weighted by molar-refractivity contribution is 7.18. The second-order valence-corrected chi connectivity index (χ2v) is 9.61. The van der Waals surface area contributed by atoms with E-state index in [4.69, 9.17) is 4.98 Å². The molecule has 5 rings (SSSR count). The summed E-state index contributed by atoms with van der Waals surface area (Å²) in [4.78, 5) is 27.1. The number of rotatable bonds is 5. The molecule has 0 radical (unpaired) electrons. The van der Waals surface area contributed by atoms with Crippen LogP contribution in [0.1, 0.15) is 54.3 Å². The second kappa shape index (κ2) is 8.00. The molecule has 1 fully saturated rings. The van der Waals surface area contributed by atoms with E-state index in [0.29, 0.717) is 12.1 Å². The van der Waals surface area contributed by atoms with E-state index >= 15 is 0 Å². The molecule has 0 aromatic carbocycles. The molecule has 0 aliphatic heterocycles. The number of thiophene rings is 1. The maximum atomic E-state index is 13.2. The molecule has 5 nitrogen and oxygen atoms in total. The zero-order valence-corrected chi connectivity index (χ0v) is 17.8. The molecule has 6 heteroatoms. The summed E-state index contributed by atoms with van der Waals surface area (Å²) in [7, 11) is 2.22. The van der Waals surface area contributed by atoms with E-state index in [1.165, 1.54) is 23.3 Å². The SMILES string of the molecule is CN(CCc1ccccn1)C1CCc2c(sc3ncn(C4CCCC4)c(=O)c23)C1. The first-order chi connectivity index (χ1) is 14.2. The van der Waals surface area contributed by atoms with Crippen LogP contribution in [-0.2, 0) is 19.3 Å². The third-order valence-electron chi connectivity index (χ3n) is 6.76. The lowest BCUT2D eigenvalue weighted by Gasteiger charge is -2.31. The molecule has 0 amide bonds. The fourth-order valence-electron chi connectivity index (χ4n) is 5.00. The quantitative estimate of drug-likeness (QED) is 0.640. The molecule has 0 N–H and O–H groups in total. The number of likely N-dealkylation sites (N-methyl/N-ethyl adjacent to an activating group) is 1. The van der Waals surface area contributed by atoms with Crippen molar-refractivity contribution in [3.63, 3.8) is 0 Å². The molecule has 3 aromatic heterocycles. The molecule has 1 unspecified atom stereocenters. The van der Waals surface area contributed by atoms with Gasteiger partial charge in [-0.15, -0.1) is 11.3 Å². The number of nitrogens with zero attached hydrogens (tertiary/aromatic N) is 4. The fraction of sp³-hybridized carbons (Fsp3) is 0.522. The largest absolute Gasteiger partial charge is 0.303 e. The van der Waals surface area contributed by atoms with Gasteiger partial charge in [0.25, 0.3) is 5.56 Å². The Kier molecular flexibility index (Phi) is 5.22. The Labute approximate surface area is 175 Å². The van der Waals surface area contributed by atoms with Gasteiger partial charge in [-0.25, -0.2) is 4.98 Å². The molecule has 3 aromatic rings. The van der Waals surface area contributed by atoms with Gasteiger partial charge in [0.05, 0.1) is 11.7 Å². The van der Waals surface area contributed by atoms with E-state index in [1.807, 2.05) is 16.8 Å². The van der Waals surface area contributed by atoms with Crippen LogP contribution in [0.5, 0.6) is 0 Å². The Balaban J connectivity index is 1.35. The lowest BCUT2D eigenvalue weighted by atomic mass is 9.92. The summed E-state index contributed by atoms with van der Waals surface area (Å²) in [6.07, 6.45) is 12.4. The van der Waals surface area contributed by atoms with E-state index in [0.717, 1.165) is 61.0 Å². The van der Waals surface area contributed by atoms with Crippen molar-refractivity contribution in [2.45, 2.75) is 63.5 Å². The van der Waals surface area contributed by atoms with Crippen LogP contribution >= 0.6 is 11.3 Å². The zero-order valence-electron chi connectivity index (χ0n) is 17.0. The minimum Gasteiger partial charge on any atom is -0.303 e. The monoisotopic (exact) mass is 408 g/mol. The molecule has 0 saturated heterocycles. The van der Waals surface area contributed by atoms with E-state index in [1.54, 1.807) is 17.7 Å². The van der Waals surface area contributed by atoms with Gasteiger partial charge < -0.3 is 4.90 Å². The van der Waals surface area contributed by atoms with Gasteiger partial charge >= 0.3 is 0 Å². The van der Waals surface area contributed by atoms with Crippen molar-refractivity contribution >= 4 is 21.6 Å². The maximum absolute atomic E-state index is 13.2. The van der Waals surface area contributed by atoms with Crippen LogP contribution in [0.2, 0.25) is 0 Å². The van der Waals surface area contributed by atoms with Crippen LogP contribution in [0, 0.1) is 0 Å². The van der Waals surface area contributed by atoms with Gasteiger partial charge in [-0.3, -0.25) is 14.3 Å². The Hall–Kier alpha value is -2.05. The highest BCUT2D eigenvalue weighted by Crippen LogP contribution is 2.36. The van der Waals surface area contributed by atoms with Crippen LogP contribution < -0.4 is 5.56 Å². The normalized spacial score (nSPS) is 19.9. The number of hydrogen-bond acceptors (Lipinski definition) is 5. The van der Waals surface area contributed by atoms with Gasteiger partial charge in [-0.2, -0.15) is 0 Å². The van der Waals surface area contributed by atoms with Crippen molar-refractivity contribution in [1.29, 1.82) is 0 Å². The molecule has 1 atom stereocenters. The van der Waals surface area contributed by atoms with Crippen LogP contribution in [0.3, 0.4) is 0 Å². The molecular formula is C23H28N4OS. The van der Waals surface area contributed by atoms with Crippen LogP contribution in [0.25, 0.3) is 10.2 Å². The number of aryl methyl sites for hydroxylation is 1. The molecule has 152 valence electrons. The second-order valence-electron chi connectivity index (χ2n) is 8.53. The Morgan fingerprint density at radius 1 is 1.21 bits per heavy atom. The number of aromatic nitrogens is 3. The first-order valence-corrected chi connectivity index (χ1v) is 11.6. The smallest absolute Gasteiger partial charge is 0.262 e. The topological polar surface area (TPSA) is 51.0 Å². The van der Waals surface area contributed by atoms with Crippen molar-refractivity contribution < 1.29 is 0 Å². The van der Waals surface area contributed by atoms with Gasteiger partial charge in [0.2, 0.25) is 0 Å². The molecule has 3 heterocycles. The molecule has 2 aliphatic carbocycles. The van der Waals surface area contributed by atoms with Crippen molar-refractivity contribution in [2.75, 3.05) is 13.6 Å². The molecule has 0 spiro atoms. The minimum absolute atomic E-state index is 0.196. The maximum Gasteiger partial charge on any atom is 0.262 e. The summed E-state index contributed by atoms with van der Waals surface area (Å²) in [5, 5.41) is 0.911. The minimum atomic E-state index is 0.196. The lowest BCUT2D eigenvalue weighted by Crippen LogP contribution is -2.37. The van der Waals surface area contributed by atoms with Crippen molar-refractivity contribution in [3.8, 4) is 0 Å². The molecule has 0 bridgehead atoms. The average molecular weight is 409 g/mol. The summed E-state index contributed by atoms with van der Waals surface area (Å²) < 4.78 is 1.92. The van der Waals surface area contributed by atoms with Gasteiger partial charge in [-0.05, 0) is 56.8 Å². The highest BCUT2D eigenvalue weighted by Gasteiger charge is 2.28. The Morgan fingerprint density at radius 3 is 2.86 bits per heavy atom. The predicted molar refractivity (Wildman–Crippen MR) is 118 cm³/mol. The Bertz CT molecular complexity index is 1050. The van der Waals surface area contributed by atoms with Crippen molar-refractivity contribution in [2.24, 2.45) is 0 Å². The summed E-state index contributed by atoms with van der Waals surface area (Å²) in [6.45, 7) is 1.01. The summed E-state index contributed by atoms with van der Waals surface area (Å²) in [6, 6.07) is 6.99. The number of fused-ring (bicyclic) bond motifs is 3. The standard InChI is InChI=1S/C23H28N4OS/c1-26(13-11-16-6-4-5-12-24-16)18-9-10-19-20(14-18)29-22-21(19)23(28)27(15-25-22)17-7-2-3-8-17/h4-6,12,15,17-18H,2-3,7-11,13-14H2,1H3. The Morgan fingerprint density at radius 2 is 2.07 bits per heavy atom. The van der Waals surface area contributed by atoms with E-state index in [2.05, 4.69) is 29.1 Å². The van der Waals surface area contributed by atoms with Gasteiger partial charge in [0.15, 0.2) is 0 Å². The summed E-state index contributed by atoms with van der Waals surface area (Å²) in [5.74, 6) is 0. The summed E-state index contributed by atoms with van der Waals surface area (Å²) >= 11 is 1.74. The molecule has 1 saturated carbocycles. The lowest BCUT2D eigenvalue weighted by molar-refractivity contribution is 0.225. The molecule has 29 heavy (non-hydrogen) atoms. The average Bonchev–Trinajstić information content (AvgIpc) is 3.40. The summed E-state index contributed by atoms with van der Waals surface area (Å²) in [5.41, 5.74) is 2.62. The first-order valence-electron chi connectivity index (χ1n) is 10.8. The zero-order chi connectivity index (χ0) is 19.8. The third kappa shape index (κ3) is 3.64. The van der Waals surface area contributed by atoms with Gasteiger partial charge in [-0.1, -0.05) is 18.9 Å². The number of hydrogen-bond donors (Lipinski definition) is 0. The molecular weight excluding hydrogens is 380 g/mol. The van der Waals surface area contributed by atoms with E-state index in [-0.39, 0.29) is 5.56 Å². The fourth-order valence-corrected chi connectivity index (χ4v) is 6.25. The van der Waals surface area contributed by atoms with E-state index in [9.17, 15) is 4.79 Å². The van der Waals surface area contributed by atoms with Gasteiger partial charge in [0, 0.05) is 41.8 Å². The third-order valence-corrected chi connectivity index (χ3v) is 7.92. The van der Waals surface area contributed by atoms with Crippen LogP contribution in [0.15, 0.2) is 35.5 Å². The van der Waals surface area contributed by atoms with Crippen molar-refractivity contribution in [3.05, 3.63) is 57.2 Å². The molecule has 2 aliphatic rings. The predicted octanol–water partition coefficient (Wildman–Crippen LogP) is 4.00. The van der Waals surface area contributed by atoms with Gasteiger partial charge in [0.1, 0.15) is 4.83 Å². The van der Waals surface area contributed by atoms with Crippen LogP contribution in [0.4, 0.5) is 0 Å². The highest BCUT2D eigenvalue weighted by atomic mass is 32.1. The number of pyridine rings is 1. The van der Waals surface area contributed by atoms with Crippen LogP contribution in [-0.4, -0.2) is 39.1 Å².